The molecule has 0 bridgehead atoms. The fraction of sp³-hybridized carbons (Fsp3) is 0.500. The third-order valence-electron chi connectivity index (χ3n) is 2.50. The Bertz CT molecular complexity index is 341. The second-order valence-electron chi connectivity index (χ2n) is 3.76. The Morgan fingerprint density at radius 3 is 2.69 bits per heavy atom. The molecule has 0 saturated carbocycles. The van der Waals surface area contributed by atoms with Gasteiger partial charge in [-0.3, -0.25) is 0 Å². The molecular weight excluding hydrogens is 219 g/mol. The largest absolute Gasteiger partial charge is 0.417 e. The Morgan fingerprint density at radius 1 is 1.38 bits per heavy atom. The van der Waals surface area contributed by atoms with E-state index < -0.39 is 11.7 Å². The molecule has 3 nitrogen and oxygen atoms in total. The van der Waals surface area contributed by atoms with Crippen LogP contribution < -0.4 is 10.6 Å². The van der Waals surface area contributed by atoms with Crippen LogP contribution in [0.5, 0.6) is 0 Å². The van der Waals surface area contributed by atoms with Crippen LogP contribution in [-0.2, 0) is 6.18 Å². The number of nitrogens with one attached hydrogen (secondary N) is 2. The van der Waals surface area contributed by atoms with E-state index >= 15 is 0 Å². The first-order valence-corrected chi connectivity index (χ1v) is 5.06. The molecular formula is C10H12F3N3. The van der Waals surface area contributed by atoms with Crippen LogP contribution in [0.15, 0.2) is 18.3 Å². The molecule has 16 heavy (non-hydrogen) atoms. The number of rotatable bonds is 2. The molecule has 1 aromatic rings. The second kappa shape index (κ2) is 4.29. The van der Waals surface area contributed by atoms with E-state index in [0.717, 1.165) is 31.8 Å². The SMILES string of the molecule is FC(F)(F)c1ccc(N[C@@H]2CCNC2)nc1. The lowest BCUT2D eigenvalue weighted by Crippen LogP contribution is -2.22. The number of hydrogen-bond acceptors (Lipinski definition) is 3. The van der Waals surface area contributed by atoms with Gasteiger partial charge in [0.1, 0.15) is 5.82 Å². The van der Waals surface area contributed by atoms with Gasteiger partial charge in [0.15, 0.2) is 0 Å². The molecule has 0 amide bonds. The van der Waals surface area contributed by atoms with Crippen molar-refractivity contribution in [1.82, 2.24) is 10.3 Å². The van der Waals surface area contributed by atoms with Crippen molar-refractivity contribution in [3.8, 4) is 0 Å². The highest BCUT2D eigenvalue weighted by molar-refractivity contribution is 5.37. The summed E-state index contributed by atoms with van der Waals surface area (Å²) in [5, 5.41) is 6.24. The summed E-state index contributed by atoms with van der Waals surface area (Å²) < 4.78 is 36.8. The number of halogens is 3. The molecule has 1 fully saturated rings. The molecule has 0 radical (unpaired) electrons. The summed E-state index contributed by atoms with van der Waals surface area (Å²) in [4.78, 5) is 3.75. The number of alkyl halides is 3. The monoisotopic (exact) mass is 231 g/mol. The predicted molar refractivity (Wildman–Crippen MR) is 54.1 cm³/mol. The van der Waals surface area contributed by atoms with Crippen molar-refractivity contribution in [2.24, 2.45) is 0 Å². The molecule has 1 aliphatic rings. The lowest BCUT2D eigenvalue weighted by molar-refractivity contribution is -0.137. The number of pyridine rings is 1. The predicted octanol–water partition coefficient (Wildman–Crippen LogP) is 1.87. The first kappa shape index (κ1) is 11.2. The zero-order valence-corrected chi connectivity index (χ0v) is 8.51. The number of aromatic nitrogens is 1. The van der Waals surface area contributed by atoms with Crippen LogP contribution in [0.4, 0.5) is 19.0 Å². The van der Waals surface area contributed by atoms with Gasteiger partial charge in [0, 0.05) is 18.8 Å². The molecule has 1 saturated heterocycles. The number of hydrogen-bond donors (Lipinski definition) is 2. The molecule has 1 aromatic heterocycles. The minimum absolute atomic E-state index is 0.254. The van der Waals surface area contributed by atoms with E-state index in [2.05, 4.69) is 15.6 Å². The fourth-order valence-corrected chi connectivity index (χ4v) is 1.63. The van der Waals surface area contributed by atoms with Gasteiger partial charge >= 0.3 is 6.18 Å². The summed E-state index contributed by atoms with van der Waals surface area (Å²) >= 11 is 0. The van der Waals surface area contributed by atoms with Gasteiger partial charge in [0.25, 0.3) is 0 Å². The topological polar surface area (TPSA) is 37.0 Å². The van der Waals surface area contributed by atoms with Gasteiger partial charge in [0.2, 0.25) is 0 Å². The lowest BCUT2D eigenvalue weighted by Gasteiger charge is -2.12. The number of nitrogens with zero attached hydrogens (tertiary/aromatic N) is 1. The highest BCUT2D eigenvalue weighted by Crippen LogP contribution is 2.28. The van der Waals surface area contributed by atoms with Crippen LogP contribution in [0.25, 0.3) is 0 Å². The van der Waals surface area contributed by atoms with Gasteiger partial charge in [-0.1, -0.05) is 0 Å². The van der Waals surface area contributed by atoms with Crippen molar-refractivity contribution in [2.45, 2.75) is 18.6 Å². The molecule has 2 rings (SSSR count). The van der Waals surface area contributed by atoms with Gasteiger partial charge in [-0.2, -0.15) is 13.2 Å². The maximum absolute atomic E-state index is 12.3. The Morgan fingerprint density at radius 2 is 2.19 bits per heavy atom. The molecule has 1 aliphatic heterocycles. The average molecular weight is 231 g/mol. The third-order valence-corrected chi connectivity index (χ3v) is 2.50. The lowest BCUT2D eigenvalue weighted by atomic mass is 10.2. The van der Waals surface area contributed by atoms with Crippen molar-refractivity contribution in [3.05, 3.63) is 23.9 Å². The highest BCUT2D eigenvalue weighted by atomic mass is 19.4. The molecule has 0 aromatic carbocycles. The zero-order valence-electron chi connectivity index (χ0n) is 8.51. The summed E-state index contributed by atoms with van der Waals surface area (Å²) in [5.74, 6) is 0.488. The van der Waals surface area contributed by atoms with Gasteiger partial charge in [-0.15, -0.1) is 0 Å². The van der Waals surface area contributed by atoms with Crippen molar-refractivity contribution < 1.29 is 13.2 Å². The van der Waals surface area contributed by atoms with Gasteiger partial charge < -0.3 is 10.6 Å². The Hall–Kier alpha value is -1.30. The molecule has 2 N–H and O–H groups in total. The maximum Gasteiger partial charge on any atom is 0.417 e. The maximum atomic E-state index is 12.3. The van der Waals surface area contributed by atoms with E-state index in [-0.39, 0.29) is 6.04 Å². The minimum atomic E-state index is -4.32. The van der Waals surface area contributed by atoms with Gasteiger partial charge in [0.05, 0.1) is 5.56 Å². The van der Waals surface area contributed by atoms with E-state index in [0.29, 0.717) is 5.82 Å². The van der Waals surface area contributed by atoms with Crippen LogP contribution in [0.2, 0.25) is 0 Å². The van der Waals surface area contributed by atoms with Crippen LogP contribution >= 0.6 is 0 Å². The van der Waals surface area contributed by atoms with E-state index in [1.165, 1.54) is 6.07 Å². The quantitative estimate of drug-likeness (QED) is 0.816. The third kappa shape index (κ3) is 2.63. The molecule has 1 atom stereocenters. The minimum Gasteiger partial charge on any atom is -0.366 e. The normalized spacial score (nSPS) is 21.1. The average Bonchev–Trinajstić information content (AvgIpc) is 2.70. The highest BCUT2D eigenvalue weighted by Gasteiger charge is 2.30. The van der Waals surface area contributed by atoms with Gasteiger partial charge in [-0.05, 0) is 25.1 Å². The summed E-state index contributed by atoms with van der Waals surface area (Å²) in [6.07, 6.45) is -2.51. The van der Waals surface area contributed by atoms with E-state index in [1.54, 1.807) is 0 Å². The van der Waals surface area contributed by atoms with Crippen LogP contribution in [0.3, 0.4) is 0 Å². The Kier molecular flexibility index (Phi) is 3.00. The Labute approximate surface area is 91.1 Å². The molecule has 0 aliphatic carbocycles. The zero-order chi connectivity index (χ0) is 11.6. The first-order chi connectivity index (χ1) is 7.55. The van der Waals surface area contributed by atoms with Gasteiger partial charge in [-0.25, -0.2) is 4.98 Å². The Balaban J connectivity index is 2.01. The van der Waals surface area contributed by atoms with Crippen LogP contribution in [0.1, 0.15) is 12.0 Å². The summed E-state index contributed by atoms with van der Waals surface area (Å²) in [7, 11) is 0. The molecule has 88 valence electrons. The van der Waals surface area contributed by atoms with Crippen molar-refractivity contribution in [1.29, 1.82) is 0 Å². The van der Waals surface area contributed by atoms with Crippen molar-refractivity contribution in [2.75, 3.05) is 18.4 Å². The molecule has 6 heteroatoms. The van der Waals surface area contributed by atoms with Crippen molar-refractivity contribution >= 4 is 5.82 Å². The molecule has 0 unspecified atom stereocenters. The smallest absolute Gasteiger partial charge is 0.366 e. The van der Waals surface area contributed by atoms with Crippen LogP contribution in [0, 0.1) is 0 Å². The second-order valence-corrected chi connectivity index (χ2v) is 3.76. The summed E-state index contributed by atoms with van der Waals surface area (Å²) in [6.45, 7) is 1.75. The number of anilines is 1. The van der Waals surface area contributed by atoms with E-state index in [9.17, 15) is 13.2 Å². The van der Waals surface area contributed by atoms with Crippen molar-refractivity contribution in [3.63, 3.8) is 0 Å². The van der Waals surface area contributed by atoms with E-state index in [1.807, 2.05) is 0 Å². The molecule has 0 spiro atoms. The van der Waals surface area contributed by atoms with E-state index in [4.69, 9.17) is 0 Å². The molecule has 2 heterocycles. The summed E-state index contributed by atoms with van der Waals surface area (Å²) in [5.41, 5.74) is -0.720. The standard InChI is InChI=1S/C10H12F3N3/c11-10(12,13)7-1-2-9(15-5-7)16-8-3-4-14-6-8/h1-2,5,8,14H,3-4,6H2,(H,15,16)/t8-/m1/s1. The van der Waals surface area contributed by atoms with Crippen LogP contribution in [-0.4, -0.2) is 24.1 Å². The summed E-state index contributed by atoms with van der Waals surface area (Å²) in [6, 6.07) is 2.66. The first-order valence-electron chi connectivity index (χ1n) is 5.06. The fourth-order valence-electron chi connectivity index (χ4n) is 1.63.